The first-order valence-corrected chi connectivity index (χ1v) is 3.77. The van der Waals surface area contributed by atoms with Gasteiger partial charge in [-0.1, -0.05) is 48.6 Å². The number of hydrogen-bond donors (Lipinski definition) is 0. The molecule has 1 aromatic rings. The predicted octanol–water partition coefficient (Wildman–Crippen LogP) is 2.45. The third kappa shape index (κ3) is 2.97. The SMILES string of the molecule is O=C/C=C/C=C/c1ccccc1. The summed E-state index contributed by atoms with van der Waals surface area (Å²) < 4.78 is 0. The van der Waals surface area contributed by atoms with E-state index in [0.717, 1.165) is 11.8 Å². The van der Waals surface area contributed by atoms with Gasteiger partial charge in [-0.2, -0.15) is 0 Å². The van der Waals surface area contributed by atoms with Gasteiger partial charge >= 0.3 is 0 Å². The molecule has 0 fully saturated rings. The molecular formula is C11H10O. The number of carbonyl (C=O) groups excluding carboxylic acids is 1. The highest BCUT2D eigenvalue weighted by atomic mass is 16.1. The topological polar surface area (TPSA) is 17.1 Å². The Bertz CT molecular complexity index is 283. The summed E-state index contributed by atoms with van der Waals surface area (Å²) in [6, 6.07) is 9.93. The Morgan fingerprint density at radius 1 is 0.917 bits per heavy atom. The summed E-state index contributed by atoms with van der Waals surface area (Å²) in [5, 5.41) is 0. The summed E-state index contributed by atoms with van der Waals surface area (Å²) in [5.74, 6) is 0. The van der Waals surface area contributed by atoms with Crippen LogP contribution in [-0.2, 0) is 4.79 Å². The first-order valence-electron chi connectivity index (χ1n) is 3.77. The lowest BCUT2D eigenvalue weighted by atomic mass is 10.2. The highest BCUT2D eigenvalue weighted by molar-refractivity contribution is 5.66. The zero-order chi connectivity index (χ0) is 8.65. The van der Waals surface area contributed by atoms with Crippen molar-refractivity contribution in [2.45, 2.75) is 0 Å². The van der Waals surface area contributed by atoms with Crippen molar-refractivity contribution < 1.29 is 4.79 Å². The average molecular weight is 158 g/mol. The second kappa shape index (κ2) is 5.08. The van der Waals surface area contributed by atoms with Crippen LogP contribution in [0.4, 0.5) is 0 Å². The second-order valence-electron chi connectivity index (χ2n) is 2.29. The minimum Gasteiger partial charge on any atom is -0.299 e. The van der Waals surface area contributed by atoms with Crippen LogP contribution in [0.3, 0.4) is 0 Å². The third-order valence-electron chi connectivity index (χ3n) is 1.39. The van der Waals surface area contributed by atoms with E-state index in [4.69, 9.17) is 0 Å². The van der Waals surface area contributed by atoms with Crippen LogP contribution < -0.4 is 0 Å². The summed E-state index contributed by atoms with van der Waals surface area (Å²) >= 11 is 0. The first-order chi connectivity index (χ1) is 5.93. The van der Waals surface area contributed by atoms with E-state index in [-0.39, 0.29) is 0 Å². The maximum absolute atomic E-state index is 9.90. The van der Waals surface area contributed by atoms with E-state index in [1.165, 1.54) is 6.08 Å². The van der Waals surface area contributed by atoms with Gasteiger partial charge in [-0.3, -0.25) is 4.79 Å². The van der Waals surface area contributed by atoms with Crippen LogP contribution >= 0.6 is 0 Å². The van der Waals surface area contributed by atoms with Crippen LogP contribution in [0.2, 0.25) is 0 Å². The Balaban J connectivity index is 2.58. The van der Waals surface area contributed by atoms with E-state index in [0.29, 0.717) is 0 Å². The molecule has 0 aromatic heterocycles. The van der Waals surface area contributed by atoms with Crippen LogP contribution in [0.5, 0.6) is 0 Å². The summed E-state index contributed by atoms with van der Waals surface area (Å²) in [6.45, 7) is 0. The molecule has 60 valence electrons. The van der Waals surface area contributed by atoms with Crippen LogP contribution in [0.1, 0.15) is 5.56 Å². The van der Waals surface area contributed by atoms with E-state index < -0.39 is 0 Å². The van der Waals surface area contributed by atoms with Gasteiger partial charge in [0.25, 0.3) is 0 Å². The molecular weight excluding hydrogens is 148 g/mol. The molecule has 0 amide bonds. The molecule has 0 radical (unpaired) electrons. The zero-order valence-electron chi connectivity index (χ0n) is 6.68. The molecule has 12 heavy (non-hydrogen) atoms. The lowest BCUT2D eigenvalue weighted by molar-refractivity contribution is -0.104. The zero-order valence-corrected chi connectivity index (χ0v) is 6.68. The largest absolute Gasteiger partial charge is 0.299 e. The molecule has 1 rings (SSSR count). The van der Waals surface area contributed by atoms with Gasteiger partial charge in [0.15, 0.2) is 0 Å². The fourth-order valence-corrected chi connectivity index (χ4v) is 0.840. The van der Waals surface area contributed by atoms with Gasteiger partial charge in [0.1, 0.15) is 6.29 Å². The van der Waals surface area contributed by atoms with E-state index in [1.807, 2.05) is 42.5 Å². The molecule has 0 aliphatic rings. The highest BCUT2D eigenvalue weighted by Gasteiger charge is 1.78. The Kier molecular flexibility index (Phi) is 3.58. The molecule has 0 saturated carbocycles. The minimum atomic E-state index is 0.759. The summed E-state index contributed by atoms with van der Waals surface area (Å²) in [4.78, 5) is 9.90. The lowest BCUT2D eigenvalue weighted by Crippen LogP contribution is -1.66. The van der Waals surface area contributed by atoms with Gasteiger partial charge in [-0.15, -0.1) is 0 Å². The molecule has 0 heterocycles. The van der Waals surface area contributed by atoms with Crippen molar-refractivity contribution in [2.24, 2.45) is 0 Å². The smallest absolute Gasteiger partial charge is 0.142 e. The van der Waals surface area contributed by atoms with Crippen molar-refractivity contribution in [3.63, 3.8) is 0 Å². The molecule has 0 saturated heterocycles. The molecule has 0 spiro atoms. The van der Waals surface area contributed by atoms with Crippen LogP contribution in [0, 0.1) is 0 Å². The molecule has 1 nitrogen and oxygen atoms in total. The second-order valence-corrected chi connectivity index (χ2v) is 2.29. The van der Waals surface area contributed by atoms with Crippen molar-refractivity contribution >= 4 is 12.4 Å². The molecule has 1 heteroatoms. The molecule has 0 unspecified atom stereocenters. The Labute approximate surface area is 72.0 Å². The normalized spacial score (nSPS) is 11.0. The molecule has 0 aliphatic carbocycles. The average Bonchev–Trinajstić information content (AvgIpc) is 2.14. The number of rotatable bonds is 3. The standard InChI is InChI=1S/C11H10O/c12-10-6-2-5-9-11-7-3-1-4-8-11/h1-10H/b6-2+,9-5+. The van der Waals surface area contributed by atoms with E-state index in [1.54, 1.807) is 6.08 Å². The van der Waals surface area contributed by atoms with Gasteiger partial charge in [0, 0.05) is 0 Å². The maximum Gasteiger partial charge on any atom is 0.142 e. The Morgan fingerprint density at radius 3 is 2.33 bits per heavy atom. The molecule has 0 N–H and O–H groups in total. The highest BCUT2D eigenvalue weighted by Crippen LogP contribution is 2.00. The number of allylic oxidation sites excluding steroid dienone is 3. The molecule has 0 atom stereocenters. The molecule has 1 aromatic carbocycles. The van der Waals surface area contributed by atoms with Crippen molar-refractivity contribution in [3.05, 3.63) is 54.1 Å². The molecule has 0 aliphatic heterocycles. The monoisotopic (exact) mass is 158 g/mol. The van der Waals surface area contributed by atoms with Crippen molar-refractivity contribution in [3.8, 4) is 0 Å². The quantitative estimate of drug-likeness (QED) is 0.375. The van der Waals surface area contributed by atoms with Gasteiger partial charge in [0.2, 0.25) is 0 Å². The summed E-state index contributed by atoms with van der Waals surface area (Å²) in [7, 11) is 0. The number of carbonyl (C=O) groups is 1. The number of benzene rings is 1. The van der Waals surface area contributed by atoms with Crippen molar-refractivity contribution in [1.29, 1.82) is 0 Å². The van der Waals surface area contributed by atoms with E-state index in [9.17, 15) is 4.79 Å². The van der Waals surface area contributed by atoms with Gasteiger partial charge in [-0.25, -0.2) is 0 Å². The van der Waals surface area contributed by atoms with Crippen LogP contribution in [0.15, 0.2) is 48.6 Å². The van der Waals surface area contributed by atoms with Gasteiger partial charge < -0.3 is 0 Å². The fraction of sp³-hybridized carbons (Fsp3) is 0. The maximum atomic E-state index is 9.90. The summed E-state index contributed by atoms with van der Waals surface area (Å²) in [5.41, 5.74) is 1.13. The Morgan fingerprint density at radius 2 is 1.67 bits per heavy atom. The summed E-state index contributed by atoms with van der Waals surface area (Å²) in [6.07, 6.45) is 7.71. The van der Waals surface area contributed by atoms with E-state index in [2.05, 4.69) is 0 Å². The Hall–Kier alpha value is -1.63. The van der Waals surface area contributed by atoms with Crippen molar-refractivity contribution in [1.82, 2.24) is 0 Å². The van der Waals surface area contributed by atoms with Gasteiger partial charge in [-0.05, 0) is 11.6 Å². The molecule has 0 bridgehead atoms. The van der Waals surface area contributed by atoms with Crippen LogP contribution in [0.25, 0.3) is 6.08 Å². The predicted molar refractivity (Wildman–Crippen MR) is 50.7 cm³/mol. The fourth-order valence-electron chi connectivity index (χ4n) is 0.840. The van der Waals surface area contributed by atoms with E-state index >= 15 is 0 Å². The first kappa shape index (κ1) is 8.47. The number of aldehydes is 1. The van der Waals surface area contributed by atoms with Crippen molar-refractivity contribution in [2.75, 3.05) is 0 Å². The van der Waals surface area contributed by atoms with Gasteiger partial charge in [0.05, 0.1) is 0 Å². The van der Waals surface area contributed by atoms with Crippen LogP contribution in [-0.4, -0.2) is 6.29 Å². The minimum absolute atomic E-state index is 0.759. The number of hydrogen-bond acceptors (Lipinski definition) is 1. The lowest BCUT2D eigenvalue weighted by Gasteiger charge is -1.87. The third-order valence-corrected chi connectivity index (χ3v) is 1.39.